The summed E-state index contributed by atoms with van der Waals surface area (Å²) in [6, 6.07) is 2.11. The van der Waals surface area contributed by atoms with Crippen LogP contribution in [0.3, 0.4) is 0 Å². The van der Waals surface area contributed by atoms with E-state index in [0.717, 1.165) is 28.3 Å². The second-order valence-corrected chi connectivity index (χ2v) is 5.74. The maximum absolute atomic E-state index is 4.58. The number of hydrogen-bond acceptors (Lipinski definition) is 4. The molecule has 0 unspecified atom stereocenters. The summed E-state index contributed by atoms with van der Waals surface area (Å²) in [6.07, 6.45) is 0. The van der Waals surface area contributed by atoms with E-state index in [1.54, 1.807) is 22.7 Å². The first kappa shape index (κ1) is 11.3. The Kier molecular flexibility index (Phi) is 3.91. The Labute approximate surface area is 106 Å². The standard InChI is InChI=1S/C10H11BrN2S2/c1-2-12-4-8-6-15-10(13-8)9-3-7(11)5-14-9/h3,5-6,12H,2,4H2,1H3. The lowest BCUT2D eigenvalue weighted by Gasteiger charge is -1.95. The van der Waals surface area contributed by atoms with Gasteiger partial charge in [-0.2, -0.15) is 0 Å². The van der Waals surface area contributed by atoms with Gasteiger partial charge < -0.3 is 5.32 Å². The molecule has 0 saturated carbocycles. The first-order valence-electron chi connectivity index (χ1n) is 4.69. The van der Waals surface area contributed by atoms with E-state index in [1.807, 2.05) is 0 Å². The van der Waals surface area contributed by atoms with Crippen LogP contribution in [0.15, 0.2) is 21.3 Å². The van der Waals surface area contributed by atoms with Crippen LogP contribution in [0, 0.1) is 0 Å². The predicted molar refractivity (Wildman–Crippen MR) is 70.5 cm³/mol. The van der Waals surface area contributed by atoms with Crippen LogP contribution in [0.5, 0.6) is 0 Å². The molecule has 0 aliphatic heterocycles. The zero-order valence-corrected chi connectivity index (χ0v) is 11.5. The third kappa shape index (κ3) is 2.87. The number of halogens is 1. The molecule has 2 aromatic heterocycles. The van der Waals surface area contributed by atoms with E-state index in [2.05, 4.69) is 50.0 Å². The van der Waals surface area contributed by atoms with Crippen LogP contribution in [0.25, 0.3) is 9.88 Å². The van der Waals surface area contributed by atoms with E-state index in [1.165, 1.54) is 4.88 Å². The van der Waals surface area contributed by atoms with Crippen LogP contribution >= 0.6 is 38.6 Å². The van der Waals surface area contributed by atoms with Gasteiger partial charge in [0.15, 0.2) is 0 Å². The highest BCUT2D eigenvalue weighted by molar-refractivity contribution is 9.10. The second-order valence-electron chi connectivity index (χ2n) is 3.05. The molecule has 1 N–H and O–H groups in total. The highest BCUT2D eigenvalue weighted by Gasteiger charge is 2.06. The maximum atomic E-state index is 4.58. The molecule has 2 aromatic rings. The zero-order chi connectivity index (χ0) is 10.7. The quantitative estimate of drug-likeness (QED) is 0.930. The van der Waals surface area contributed by atoms with Crippen LogP contribution in [0.4, 0.5) is 0 Å². The van der Waals surface area contributed by atoms with Crippen LogP contribution in [0.2, 0.25) is 0 Å². The summed E-state index contributed by atoms with van der Waals surface area (Å²) in [6.45, 7) is 3.95. The Morgan fingerprint density at radius 2 is 2.27 bits per heavy atom. The number of aromatic nitrogens is 1. The number of thiazole rings is 1. The lowest BCUT2D eigenvalue weighted by atomic mass is 10.4. The molecule has 0 atom stereocenters. The molecule has 0 spiro atoms. The van der Waals surface area contributed by atoms with E-state index in [0.29, 0.717) is 0 Å². The Balaban J connectivity index is 2.13. The molecule has 0 aliphatic carbocycles. The Hall–Kier alpha value is -0.230. The summed E-state index contributed by atoms with van der Waals surface area (Å²) in [5.74, 6) is 0. The van der Waals surface area contributed by atoms with E-state index in [4.69, 9.17) is 0 Å². The van der Waals surface area contributed by atoms with Crippen LogP contribution in [-0.2, 0) is 6.54 Å². The minimum absolute atomic E-state index is 0.861. The van der Waals surface area contributed by atoms with Gasteiger partial charge in [0.2, 0.25) is 0 Å². The highest BCUT2D eigenvalue weighted by Crippen LogP contribution is 2.31. The van der Waals surface area contributed by atoms with E-state index in [9.17, 15) is 0 Å². The first-order valence-corrected chi connectivity index (χ1v) is 7.24. The molecule has 0 aliphatic rings. The molecular weight excluding hydrogens is 292 g/mol. The third-order valence-electron chi connectivity index (χ3n) is 1.89. The molecule has 0 saturated heterocycles. The van der Waals surface area contributed by atoms with Gasteiger partial charge in [0, 0.05) is 21.8 Å². The molecule has 0 aromatic carbocycles. The average molecular weight is 303 g/mol. The van der Waals surface area contributed by atoms with Crippen molar-refractivity contribution in [2.24, 2.45) is 0 Å². The summed E-state index contributed by atoms with van der Waals surface area (Å²) in [4.78, 5) is 5.81. The van der Waals surface area contributed by atoms with Crippen molar-refractivity contribution in [3.63, 3.8) is 0 Å². The Bertz CT molecular complexity index is 436. The molecule has 5 heteroatoms. The van der Waals surface area contributed by atoms with Gasteiger partial charge in [-0.25, -0.2) is 4.98 Å². The fraction of sp³-hybridized carbons (Fsp3) is 0.300. The lowest BCUT2D eigenvalue weighted by Crippen LogP contribution is -2.11. The van der Waals surface area contributed by atoms with Gasteiger partial charge in [0.1, 0.15) is 5.01 Å². The van der Waals surface area contributed by atoms with Crippen molar-refractivity contribution in [2.45, 2.75) is 13.5 Å². The van der Waals surface area contributed by atoms with Gasteiger partial charge in [0.05, 0.1) is 10.6 Å². The number of nitrogens with zero attached hydrogens (tertiary/aromatic N) is 1. The SMILES string of the molecule is CCNCc1csc(-c2cc(Br)cs2)n1. The molecule has 0 amide bonds. The second kappa shape index (κ2) is 5.21. The van der Waals surface area contributed by atoms with Gasteiger partial charge in [-0.15, -0.1) is 22.7 Å². The monoisotopic (exact) mass is 302 g/mol. The fourth-order valence-electron chi connectivity index (χ4n) is 1.18. The van der Waals surface area contributed by atoms with Crippen LogP contribution in [0.1, 0.15) is 12.6 Å². The van der Waals surface area contributed by atoms with Crippen molar-refractivity contribution in [3.05, 3.63) is 27.0 Å². The summed E-state index contributed by atoms with van der Waals surface area (Å²) >= 11 is 6.88. The molecule has 2 rings (SSSR count). The molecule has 2 nitrogen and oxygen atoms in total. The van der Waals surface area contributed by atoms with Gasteiger partial charge >= 0.3 is 0 Å². The molecule has 80 valence electrons. The molecule has 0 radical (unpaired) electrons. The van der Waals surface area contributed by atoms with Crippen molar-refractivity contribution in [3.8, 4) is 9.88 Å². The summed E-state index contributed by atoms with van der Waals surface area (Å²) in [5.41, 5.74) is 1.13. The largest absolute Gasteiger partial charge is 0.311 e. The molecule has 2 heterocycles. The summed E-state index contributed by atoms with van der Waals surface area (Å²) in [5, 5.41) is 8.58. The number of rotatable bonds is 4. The Morgan fingerprint density at radius 1 is 1.40 bits per heavy atom. The highest BCUT2D eigenvalue weighted by atomic mass is 79.9. The third-order valence-corrected chi connectivity index (χ3v) is 4.64. The van der Waals surface area contributed by atoms with Crippen molar-refractivity contribution >= 4 is 38.6 Å². The fourth-order valence-corrected chi connectivity index (χ4v) is 3.51. The minimum atomic E-state index is 0.861. The lowest BCUT2D eigenvalue weighted by molar-refractivity contribution is 0.715. The number of hydrogen-bond donors (Lipinski definition) is 1. The van der Waals surface area contributed by atoms with Crippen molar-refractivity contribution < 1.29 is 0 Å². The molecule has 0 bridgehead atoms. The molecule has 15 heavy (non-hydrogen) atoms. The summed E-state index contributed by atoms with van der Waals surface area (Å²) < 4.78 is 1.13. The summed E-state index contributed by atoms with van der Waals surface area (Å²) in [7, 11) is 0. The smallest absolute Gasteiger partial charge is 0.133 e. The van der Waals surface area contributed by atoms with Crippen molar-refractivity contribution in [1.82, 2.24) is 10.3 Å². The van der Waals surface area contributed by atoms with Gasteiger partial charge in [-0.1, -0.05) is 6.92 Å². The normalized spacial score (nSPS) is 10.8. The van der Waals surface area contributed by atoms with Gasteiger partial charge in [0.25, 0.3) is 0 Å². The number of thiophene rings is 1. The minimum Gasteiger partial charge on any atom is -0.311 e. The first-order chi connectivity index (χ1) is 7.29. The van der Waals surface area contributed by atoms with Crippen LogP contribution in [-0.4, -0.2) is 11.5 Å². The topological polar surface area (TPSA) is 24.9 Å². The van der Waals surface area contributed by atoms with Gasteiger partial charge in [-0.3, -0.25) is 0 Å². The maximum Gasteiger partial charge on any atom is 0.133 e. The van der Waals surface area contributed by atoms with Crippen LogP contribution < -0.4 is 5.32 Å². The molecule has 0 fully saturated rings. The van der Waals surface area contributed by atoms with E-state index < -0.39 is 0 Å². The van der Waals surface area contributed by atoms with E-state index >= 15 is 0 Å². The predicted octanol–water partition coefficient (Wildman–Crippen LogP) is 3.74. The average Bonchev–Trinajstić information content (AvgIpc) is 2.83. The van der Waals surface area contributed by atoms with Crippen molar-refractivity contribution in [2.75, 3.05) is 6.54 Å². The zero-order valence-electron chi connectivity index (χ0n) is 8.29. The van der Waals surface area contributed by atoms with E-state index in [-0.39, 0.29) is 0 Å². The molecular formula is C10H11BrN2S2. The number of nitrogens with one attached hydrogen (secondary N) is 1. The van der Waals surface area contributed by atoms with Crippen molar-refractivity contribution in [1.29, 1.82) is 0 Å². The van der Waals surface area contributed by atoms with Gasteiger partial charge in [-0.05, 0) is 28.5 Å². The Morgan fingerprint density at radius 3 is 2.93 bits per heavy atom.